The summed E-state index contributed by atoms with van der Waals surface area (Å²) in [4.78, 5) is 10.5. The van der Waals surface area contributed by atoms with Gasteiger partial charge in [-0.05, 0) is 94.0 Å². The van der Waals surface area contributed by atoms with E-state index in [-0.39, 0.29) is 0 Å². The van der Waals surface area contributed by atoms with E-state index in [1.807, 2.05) is 18.2 Å². The predicted molar refractivity (Wildman–Crippen MR) is 255 cm³/mol. The third-order valence-corrected chi connectivity index (χ3v) is 13.1. The number of ether oxygens (including phenoxy) is 1. The third kappa shape index (κ3) is 5.35. The van der Waals surface area contributed by atoms with Gasteiger partial charge >= 0.3 is 0 Å². The van der Waals surface area contributed by atoms with E-state index >= 15 is 0 Å². The fraction of sp³-hybridized carbons (Fsp3) is 0.0169. The zero-order valence-corrected chi connectivity index (χ0v) is 34.1. The van der Waals surface area contributed by atoms with Crippen LogP contribution in [0.1, 0.15) is 22.3 Å². The highest BCUT2D eigenvalue weighted by molar-refractivity contribution is 6.09. The fourth-order valence-electron chi connectivity index (χ4n) is 10.3. The summed E-state index contributed by atoms with van der Waals surface area (Å²) in [6.07, 6.45) is 0. The monoisotopic (exact) mass is 803 g/mol. The minimum Gasteiger partial charge on any atom is -0.457 e. The van der Waals surface area contributed by atoms with Crippen LogP contribution in [0.2, 0.25) is 0 Å². The number of hydrogen-bond donors (Lipinski definition) is 0. The molecule has 63 heavy (non-hydrogen) atoms. The first-order chi connectivity index (χ1) is 31.2. The number of para-hydroxylation sites is 3. The van der Waals surface area contributed by atoms with Crippen LogP contribution in [0.15, 0.2) is 224 Å². The van der Waals surface area contributed by atoms with Gasteiger partial charge in [-0.15, -0.1) is 0 Å². The molecule has 11 aromatic rings. The predicted octanol–water partition coefficient (Wildman–Crippen LogP) is 14.7. The molecule has 4 nitrogen and oxygen atoms in total. The molecule has 13 rings (SSSR count). The largest absolute Gasteiger partial charge is 0.457 e. The highest BCUT2D eigenvalue weighted by Crippen LogP contribution is 2.62. The molecule has 0 amide bonds. The minimum absolute atomic E-state index is 0.572. The van der Waals surface area contributed by atoms with Crippen molar-refractivity contribution in [3.8, 4) is 73.3 Å². The van der Waals surface area contributed by atoms with E-state index in [2.05, 4.69) is 211 Å². The van der Waals surface area contributed by atoms with Gasteiger partial charge in [-0.3, -0.25) is 0 Å². The van der Waals surface area contributed by atoms with Gasteiger partial charge in [-0.2, -0.15) is 0 Å². The van der Waals surface area contributed by atoms with Gasteiger partial charge in [-0.1, -0.05) is 164 Å². The van der Waals surface area contributed by atoms with Gasteiger partial charge in [-0.25, -0.2) is 9.97 Å². The van der Waals surface area contributed by atoms with Crippen molar-refractivity contribution in [2.24, 2.45) is 0 Å². The van der Waals surface area contributed by atoms with Crippen LogP contribution in [0.4, 0.5) is 0 Å². The molecule has 0 bridgehead atoms. The summed E-state index contributed by atoms with van der Waals surface area (Å²) in [6.45, 7) is 0. The third-order valence-electron chi connectivity index (χ3n) is 13.1. The van der Waals surface area contributed by atoms with E-state index in [4.69, 9.17) is 14.7 Å². The Bertz CT molecular complexity index is 3510. The topological polar surface area (TPSA) is 39.9 Å². The van der Waals surface area contributed by atoms with Crippen LogP contribution in [0.25, 0.3) is 83.6 Å². The molecule has 0 saturated heterocycles. The lowest BCUT2D eigenvalue weighted by atomic mass is 9.66. The lowest BCUT2D eigenvalue weighted by molar-refractivity contribution is 0.436. The highest BCUT2D eigenvalue weighted by atomic mass is 16.5. The van der Waals surface area contributed by atoms with Gasteiger partial charge in [0, 0.05) is 44.3 Å². The summed E-state index contributed by atoms with van der Waals surface area (Å²) < 4.78 is 9.12. The summed E-state index contributed by atoms with van der Waals surface area (Å²) in [6, 6.07) is 80.0. The quantitative estimate of drug-likeness (QED) is 0.174. The Kier molecular flexibility index (Phi) is 7.79. The molecule has 0 N–H and O–H groups in total. The van der Waals surface area contributed by atoms with Crippen LogP contribution in [0.3, 0.4) is 0 Å². The number of nitrogens with zero attached hydrogens (tertiary/aromatic N) is 3. The maximum atomic E-state index is 6.76. The first-order valence-electron chi connectivity index (χ1n) is 21.5. The summed E-state index contributed by atoms with van der Waals surface area (Å²) in [5.41, 5.74) is 17.1. The highest BCUT2D eigenvalue weighted by Gasteiger charge is 2.51. The molecule has 4 heteroatoms. The van der Waals surface area contributed by atoms with E-state index in [9.17, 15) is 0 Å². The number of rotatable bonds is 5. The average molecular weight is 804 g/mol. The van der Waals surface area contributed by atoms with E-state index in [0.717, 1.165) is 67.5 Å². The zero-order valence-electron chi connectivity index (χ0n) is 34.1. The first kappa shape index (κ1) is 35.4. The van der Waals surface area contributed by atoms with E-state index in [1.165, 1.54) is 44.1 Å². The lowest BCUT2D eigenvalue weighted by Crippen LogP contribution is -2.32. The van der Waals surface area contributed by atoms with Gasteiger partial charge in [0.05, 0.1) is 27.8 Å². The van der Waals surface area contributed by atoms with Crippen LogP contribution in [-0.2, 0) is 5.41 Å². The van der Waals surface area contributed by atoms with E-state index in [1.54, 1.807) is 0 Å². The summed E-state index contributed by atoms with van der Waals surface area (Å²) in [7, 11) is 0. The molecule has 1 aliphatic heterocycles. The molecule has 0 radical (unpaired) electrons. The molecule has 1 spiro atoms. The molecule has 9 aromatic carbocycles. The second-order valence-corrected chi connectivity index (χ2v) is 16.5. The number of benzene rings is 9. The first-order valence-corrected chi connectivity index (χ1v) is 21.5. The minimum atomic E-state index is -0.572. The second kappa shape index (κ2) is 13.8. The maximum Gasteiger partial charge on any atom is 0.160 e. The maximum absolute atomic E-state index is 6.76. The van der Waals surface area contributed by atoms with Crippen LogP contribution in [-0.4, -0.2) is 14.5 Å². The van der Waals surface area contributed by atoms with Crippen molar-refractivity contribution in [3.05, 3.63) is 247 Å². The molecular weight excluding hydrogens is 767 g/mol. The Balaban J connectivity index is 0.944. The van der Waals surface area contributed by atoms with Gasteiger partial charge in [0.2, 0.25) is 0 Å². The van der Waals surface area contributed by atoms with Crippen molar-refractivity contribution in [3.63, 3.8) is 0 Å². The Morgan fingerprint density at radius 2 is 0.873 bits per heavy atom. The molecule has 294 valence electrons. The second-order valence-electron chi connectivity index (χ2n) is 16.5. The molecular formula is C59H37N3O. The number of fused-ring (bicyclic) bond motifs is 12. The van der Waals surface area contributed by atoms with Gasteiger partial charge < -0.3 is 9.30 Å². The fourth-order valence-corrected chi connectivity index (χ4v) is 10.3. The molecule has 0 fully saturated rings. The SMILES string of the molecule is c1ccc(-c2nc(-c3cccc(-c4ccc(-n5c6ccccc6c6ccccc65)cc4)c3)cc(-c3ccc4c(c3)C3(c5ccccc5O4)c4ccccc4-c4ccccc43)n2)cc1. The van der Waals surface area contributed by atoms with E-state index in [0.29, 0.717) is 5.82 Å². The summed E-state index contributed by atoms with van der Waals surface area (Å²) in [5, 5.41) is 2.51. The van der Waals surface area contributed by atoms with Gasteiger partial charge in [0.15, 0.2) is 5.82 Å². The number of hydrogen-bond acceptors (Lipinski definition) is 3. The molecule has 2 aromatic heterocycles. The average Bonchev–Trinajstić information content (AvgIpc) is 3.85. The van der Waals surface area contributed by atoms with Crippen molar-refractivity contribution >= 4 is 21.8 Å². The van der Waals surface area contributed by atoms with Crippen molar-refractivity contribution < 1.29 is 4.74 Å². The van der Waals surface area contributed by atoms with Crippen molar-refractivity contribution in [2.45, 2.75) is 5.41 Å². The smallest absolute Gasteiger partial charge is 0.160 e. The Morgan fingerprint density at radius 1 is 0.349 bits per heavy atom. The Hall–Kier alpha value is -8.34. The molecule has 2 aliphatic rings. The normalized spacial score (nSPS) is 13.0. The van der Waals surface area contributed by atoms with Crippen LogP contribution < -0.4 is 4.74 Å². The molecule has 1 aliphatic carbocycles. The zero-order chi connectivity index (χ0) is 41.5. The molecule has 0 unspecified atom stereocenters. The molecule has 3 heterocycles. The van der Waals surface area contributed by atoms with Crippen LogP contribution in [0, 0.1) is 0 Å². The van der Waals surface area contributed by atoms with E-state index < -0.39 is 5.41 Å². The van der Waals surface area contributed by atoms with Crippen LogP contribution >= 0.6 is 0 Å². The van der Waals surface area contributed by atoms with Crippen LogP contribution in [0.5, 0.6) is 11.5 Å². The standard InChI is InChI=1S/C59H37N3O/c1-2-15-39(16-3-1)58-60-52(41-18-14-17-40(35-41)38-29-32-43(33-30-38)62-54-26-11-6-21-46(54)47-22-7-12-27-55(47)62)37-53(61-58)42-31-34-57-51(36-42)59(50-25-10-13-28-56(50)63-57)48-23-8-4-19-44(48)45-20-5-9-24-49(45)59/h1-37H. The summed E-state index contributed by atoms with van der Waals surface area (Å²) in [5.74, 6) is 2.40. The number of aromatic nitrogens is 3. The van der Waals surface area contributed by atoms with Crippen molar-refractivity contribution in [1.29, 1.82) is 0 Å². The molecule has 0 saturated carbocycles. The Morgan fingerprint density at radius 3 is 1.57 bits per heavy atom. The van der Waals surface area contributed by atoms with Crippen molar-refractivity contribution in [2.75, 3.05) is 0 Å². The molecule has 0 atom stereocenters. The summed E-state index contributed by atoms with van der Waals surface area (Å²) >= 11 is 0. The van der Waals surface area contributed by atoms with Crippen molar-refractivity contribution in [1.82, 2.24) is 14.5 Å². The lowest BCUT2D eigenvalue weighted by Gasteiger charge is -2.39. The van der Waals surface area contributed by atoms with Gasteiger partial charge in [0.1, 0.15) is 11.5 Å². The Labute approximate surface area is 365 Å². The van der Waals surface area contributed by atoms with Gasteiger partial charge in [0.25, 0.3) is 0 Å².